The number of fused-ring (bicyclic) bond motifs is 11. The second kappa shape index (κ2) is 10.5. The Bertz CT molecular complexity index is 3270. The van der Waals surface area contributed by atoms with Crippen LogP contribution in [-0.4, -0.2) is 9.13 Å². The summed E-state index contributed by atoms with van der Waals surface area (Å²) >= 11 is 1.89. The second-order valence-corrected chi connectivity index (χ2v) is 14.8. The Morgan fingerprint density at radius 1 is 0.404 bits per heavy atom. The first kappa shape index (κ1) is 28.1. The third-order valence-corrected chi connectivity index (χ3v) is 12.1. The molecule has 8 aromatic carbocycles. The zero-order valence-corrected chi connectivity index (χ0v) is 28.7. The molecule has 52 heavy (non-hydrogen) atoms. The van der Waals surface area contributed by atoms with Gasteiger partial charge in [-0.25, -0.2) is 0 Å². The lowest BCUT2D eigenvalue weighted by Gasteiger charge is -2.20. The minimum absolute atomic E-state index is 0.880. The fraction of sp³-hybridized carbons (Fsp3) is 0. The fourth-order valence-electron chi connectivity index (χ4n) is 8.59. The second-order valence-electron chi connectivity index (χ2n) is 13.7. The molecule has 3 nitrogen and oxygen atoms in total. The molecular weight excluding hydrogens is 653 g/mol. The van der Waals surface area contributed by atoms with E-state index in [1.807, 2.05) is 23.5 Å². The van der Waals surface area contributed by atoms with Gasteiger partial charge in [0.2, 0.25) is 0 Å². The van der Waals surface area contributed by atoms with Crippen LogP contribution >= 0.6 is 11.3 Å². The van der Waals surface area contributed by atoms with E-state index in [1.165, 1.54) is 80.5 Å². The van der Waals surface area contributed by atoms with Crippen LogP contribution in [0.1, 0.15) is 0 Å². The molecule has 0 spiro atoms. The van der Waals surface area contributed by atoms with E-state index in [4.69, 9.17) is 4.74 Å². The van der Waals surface area contributed by atoms with Gasteiger partial charge in [-0.05, 0) is 82.9 Å². The van der Waals surface area contributed by atoms with Crippen molar-refractivity contribution in [3.05, 3.63) is 170 Å². The normalized spacial score (nSPS) is 12.4. The van der Waals surface area contributed by atoms with E-state index in [0.29, 0.717) is 0 Å². The zero-order chi connectivity index (χ0) is 33.9. The molecule has 11 aromatic rings. The van der Waals surface area contributed by atoms with Crippen molar-refractivity contribution >= 4 is 75.1 Å². The largest absolute Gasteiger partial charge is 0.453 e. The summed E-state index contributed by atoms with van der Waals surface area (Å²) in [6.07, 6.45) is 0. The molecule has 0 atom stereocenters. The molecule has 12 rings (SSSR count). The van der Waals surface area contributed by atoms with Crippen molar-refractivity contribution in [3.63, 3.8) is 0 Å². The highest BCUT2D eigenvalue weighted by molar-refractivity contribution is 7.26. The Labute approximate surface area is 302 Å². The Morgan fingerprint density at radius 2 is 1.10 bits per heavy atom. The van der Waals surface area contributed by atoms with Crippen molar-refractivity contribution in [1.82, 2.24) is 9.13 Å². The predicted octanol–water partition coefficient (Wildman–Crippen LogP) is 13.7. The molecule has 0 N–H and O–H groups in total. The van der Waals surface area contributed by atoms with E-state index in [1.54, 1.807) is 0 Å². The first-order chi connectivity index (χ1) is 25.8. The van der Waals surface area contributed by atoms with E-state index in [2.05, 4.69) is 167 Å². The standard InChI is InChI=1S/C48H28N2OS/c1-3-14-40-34(9-1)39-27-31(33-11-7-13-38-36-10-2-6-18-46(36)52-48(33)38)22-26-41(39)49(40)32-23-19-29(20-24-32)30-21-25-35-37-12-8-17-45-47(37)50(43(35)28-30)42-15-4-5-16-44(42)51-45/h1-28H. The lowest BCUT2D eigenvalue weighted by molar-refractivity contribution is 0.476. The van der Waals surface area contributed by atoms with Crippen molar-refractivity contribution in [2.24, 2.45) is 0 Å². The molecule has 0 saturated carbocycles. The summed E-state index contributed by atoms with van der Waals surface area (Å²) in [6, 6.07) is 61.8. The molecule has 0 fully saturated rings. The SMILES string of the molecule is c1ccc2c(c1)Oc1cccc3c4ccc(-c5ccc(-n6c7ccccc7c7cc(-c8cccc9c8sc8ccccc89)ccc76)cc5)cc4n-2c13. The Morgan fingerprint density at radius 3 is 2.04 bits per heavy atom. The van der Waals surface area contributed by atoms with Crippen LogP contribution in [0, 0.1) is 0 Å². The Hall–Kier alpha value is -6.62. The number of nitrogens with zero attached hydrogens (tertiary/aromatic N) is 2. The highest BCUT2D eigenvalue weighted by Crippen LogP contribution is 2.46. The van der Waals surface area contributed by atoms with E-state index in [-0.39, 0.29) is 0 Å². The molecule has 0 amide bonds. The highest BCUT2D eigenvalue weighted by atomic mass is 32.1. The molecule has 0 aliphatic carbocycles. The maximum atomic E-state index is 6.34. The van der Waals surface area contributed by atoms with E-state index < -0.39 is 0 Å². The summed E-state index contributed by atoms with van der Waals surface area (Å²) in [5.41, 5.74) is 11.8. The summed E-state index contributed by atoms with van der Waals surface area (Å²) in [4.78, 5) is 0. The van der Waals surface area contributed by atoms with Crippen molar-refractivity contribution in [2.45, 2.75) is 0 Å². The van der Waals surface area contributed by atoms with Gasteiger partial charge in [0.25, 0.3) is 0 Å². The topological polar surface area (TPSA) is 19.1 Å². The molecule has 4 heteroatoms. The van der Waals surface area contributed by atoms with E-state index >= 15 is 0 Å². The van der Waals surface area contributed by atoms with Crippen LogP contribution < -0.4 is 4.74 Å². The predicted molar refractivity (Wildman–Crippen MR) is 219 cm³/mol. The third kappa shape index (κ3) is 3.84. The minimum Gasteiger partial charge on any atom is -0.453 e. The number of aromatic nitrogens is 2. The monoisotopic (exact) mass is 680 g/mol. The van der Waals surface area contributed by atoms with Gasteiger partial charge in [-0.1, -0.05) is 109 Å². The molecule has 4 heterocycles. The van der Waals surface area contributed by atoms with E-state index in [9.17, 15) is 0 Å². The summed E-state index contributed by atoms with van der Waals surface area (Å²) in [5.74, 6) is 1.78. The fourth-order valence-corrected chi connectivity index (χ4v) is 9.83. The molecule has 0 saturated heterocycles. The number of thiophene rings is 1. The number of rotatable bonds is 3. The number of hydrogen-bond donors (Lipinski definition) is 0. The molecule has 0 unspecified atom stereocenters. The van der Waals surface area contributed by atoms with Gasteiger partial charge < -0.3 is 13.9 Å². The number of para-hydroxylation sites is 4. The van der Waals surface area contributed by atoms with Crippen molar-refractivity contribution in [1.29, 1.82) is 0 Å². The lowest BCUT2D eigenvalue weighted by atomic mass is 10.0. The average molecular weight is 681 g/mol. The van der Waals surface area contributed by atoms with Crippen LogP contribution in [-0.2, 0) is 0 Å². The summed E-state index contributed by atoms with van der Waals surface area (Å²) < 4.78 is 13.8. The van der Waals surface area contributed by atoms with E-state index in [0.717, 1.165) is 28.4 Å². The Balaban J connectivity index is 0.986. The van der Waals surface area contributed by atoms with Crippen molar-refractivity contribution < 1.29 is 4.74 Å². The van der Waals surface area contributed by atoms with Gasteiger partial charge in [-0.2, -0.15) is 0 Å². The average Bonchev–Trinajstić information content (AvgIpc) is 3.86. The first-order valence-electron chi connectivity index (χ1n) is 17.7. The number of ether oxygens (including phenoxy) is 1. The highest BCUT2D eigenvalue weighted by Gasteiger charge is 2.23. The smallest absolute Gasteiger partial charge is 0.152 e. The maximum Gasteiger partial charge on any atom is 0.152 e. The van der Waals surface area contributed by atoms with Crippen LogP contribution in [0.3, 0.4) is 0 Å². The molecule has 0 bridgehead atoms. The molecule has 0 radical (unpaired) electrons. The molecule has 3 aromatic heterocycles. The van der Waals surface area contributed by atoms with Gasteiger partial charge in [0.05, 0.1) is 27.8 Å². The molecule has 1 aliphatic rings. The maximum absolute atomic E-state index is 6.34. The van der Waals surface area contributed by atoms with Gasteiger partial charge in [-0.15, -0.1) is 11.3 Å². The molecular formula is C48H28N2OS. The summed E-state index contributed by atoms with van der Waals surface area (Å²) in [6.45, 7) is 0. The zero-order valence-electron chi connectivity index (χ0n) is 27.9. The van der Waals surface area contributed by atoms with Gasteiger partial charge in [0, 0.05) is 47.4 Å². The number of benzene rings is 8. The van der Waals surface area contributed by atoms with Gasteiger partial charge in [0.15, 0.2) is 11.5 Å². The third-order valence-electron chi connectivity index (χ3n) is 10.9. The van der Waals surface area contributed by atoms with Crippen molar-refractivity contribution in [3.8, 4) is 45.1 Å². The first-order valence-corrected chi connectivity index (χ1v) is 18.5. The number of hydrogen-bond acceptors (Lipinski definition) is 2. The summed E-state index contributed by atoms with van der Waals surface area (Å²) in [7, 11) is 0. The molecule has 242 valence electrons. The minimum atomic E-state index is 0.880. The van der Waals surface area contributed by atoms with Gasteiger partial charge >= 0.3 is 0 Å². The van der Waals surface area contributed by atoms with Gasteiger partial charge in [0.1, 0.15) is 0 Å². The Kier molecular flexibility index (Phi) is 5.65. The van der Waals surface area contributed by atoms with Gasteiger partial charge in [-0.3, -0.25) is 0 Å². The van der Waals surface area contributed by atoms with Crippen LogP contribution in [0.4, 0.5) is 0 Å². The van der Waals surface area contributed by atoms with Crippen LogP contribution in [0.5, 0.6) is 11.5 Å². The van der Waals surface area contributed by atoms with Crippen LogP contribution in [0.25, 0.3) is 97.4 Å². The summed E-state index contributed by atoms with van der Waals surface area (Å²) in [5, 5.41) is 7.61. The molecule has 1 aliphatic heterocycles. The lowest BCUT2D eigenvalue weighted by Crippen LogP contribution is -2.03. The van der Waals surface area contributed by atoms with Crippen LogP contribution in [0.2, 0.25) is 0 Å². The van der Waals surface area contributed by atoms with Crippen molar-refractivity contribution in [2.75, 3.05) is 0 Å². The van der Waals surface area contributed by atoms with Crippen LogP contribution in [0.15, 0.2) is 170 Å². The quantitative estimate of drug-likeness (QED) is 0.182.